The third-order valence-electron chi connectivity index (χ3n) is 5.49. The lowest BCUT2D eigenvalue weighted by molar-refractivity contribution is -0.127. The van der Waals surface area contributed by atoms with Crippen LogP contribution in [0, 0.1) is 12.8 Å². The zero-order chi connectivity index (χ0) is 19.6. The summed E-state index contributed by atoms with van der Waals surface area (Å²) in [5.74, 6) is 0.698. The SMILES string of the molecule is COc1cc(Cl)c(C)cc1NC(=O)C(C)N1CCC(C(=O)NC2CC2)CC1. The summed E-state index contributed by atoms with van der Waals surface area (Å²) in [7, 11) is 1.55. The number of nitrogens with zero attached hydrogens (tertiary/aromatic N) is 1. The molecule has 1 aromatic carbocycles. The highest BCUT2D eigenvalue weighted by Gasteiger charge is 2.32. The monoisotopic (exact) mass is 393 g/mol. The molecule has 1 heterocycles. The normalized spacial score (nSPS) is 19.4. The molecule has 0 spiro atoms. The van der Waals surface area contributed by atoms with Gasteiger partial charge in [-0.25, -0.2) is 0 Å². The van der Waals surface area contributed by atoms with E-state index in [1.54, 1.807) is 13.2 Å². The van der Waals surface area contributed by atoms with Gasteiger partial charge in [-0.3, -0.25) is 14.5 Å². The maximum Gasteiger partial charge on any atom is 0.241 e. The predicted octanol–water partition coefficient (Wildman–Crippen LogP) is 2.97. The second kappa shape index (κ2) is 8.48. The Hall–Kier alpha value is -1.79. The molecule has 1 unspecified atom stereocenters. The molecule has 7 heteroatoms. The van der Waals surface area contributed by atoms with Crippen LogP contribution in [-0.4, -0.2) is 49.0 Å². The molecule has 3 rings (SSSR count). The zero-order valence-electron chi connectivity index (χ0n) is 16.2. The van der Waals surface area contributed by atoms with Gasteiger partial charge in [-0.1, -0.05) is 11.6 Å². The van der Waals surface area contributed by atoms with E-state index >= 15 is 0 Å². The van der Waals surface area contributed by atoms with Gasteiger partial charge in [-0.2, -0.15) is 0 Å². The van der Waals surface area contributed by atoms with E-state index in [-0.39, 0.29) is 23.8 Å². The average molecular weight is 394 g/mol. The van der Waals surface area contributed by atoms with Gasteiger partial charge in [0.15, 0.2) is 0 Å². The van der Waals surface area contributed by atoms with E-state index in [0.29, 0.717) is 22.5 Å². The maximum absolute atomic E-state index is 12.7. The Balaban J connectivity index is 1.55. The van der Waals surface area contributed by atoms with Gasteiger partial charge < -0.3 is 15.4 Å². The van der Waals surface area contributed by atoms with E-state index in [0.717, 1.165) is 44.3 Å². The number of halogens is 1. The molecule has 2 aliphatic rings. The number of hydrogen-bond donors (Lipinski definition) is 2. The number of amides is 2. The molecule has 0 bridgehead atoms. The minimum atomic E-state index is -0.280. The van der Waals surface area contributed by atoms with Crippen molar-refractivity contribution in [2.45, 2.75) is 51.6 Å². The molecule has 1 saturated heterocycles. The molecule has 0 aromatic heterocycles. The molecule has 2 amide bonds. The lowest BCUT2D eigenvalue weighted by Crippen LogP contribution is -2.48. The summed E-state index contributed by atoms with van der Waals surface area (Å²) in [6, 6.07) is 3.65. The number of anilines is 1. The van der Waals surface area contributed by atoms with E-state index in [1.165, 1.54) is 0 Å². The largest absolute Gasteiger partial charge is 0.495 e. The van der Waals surface area contributed by atoms with Crippen LogP contribution in [0.25, 0.3) is 0 Å². The van der Waals surface area contributed by atoms with Gasteiger partial charge in [0.25, 0.3) is 0 Å². The standard InChI is InChI=1S/C20H28ClN3O3/c1-12-10-17(18(27-3)11-16(12)21)23-19(25)13(2)24-8-6-14(7-9-24)20(26)22-15-4-5-15/h10-11,13-15H,4-9H2,1-3H3,(H,22,26)(H,23,25). The first-order chi connectivity index (χ1) is 12.9. The Morgan fingerprint density at radius 2 is 1.89 bits per heavy atom. The quantitative estimate of drug-likeness (QED) is 0.779. The van der Waals surface area contributed by atoms with Crippen LogP contribution in [0.3, 0.4) is 0 Å². The van der Waals surface area contributed by atoms with Crippen molar-refractivity contribution >= 4 is 29.1 Å². The molecule has 2 N–H and O–H groups in total. The molecule has 6 nitrogen and oxygen atoms in total. The van der Waals surface area contributed by atoms with E-state index in [2.05, 4.69) is 15.5 Å². The Kier molecular flexibility index (Phi) is 6.27. The highest BCUT2D eigenvalue weighted by molar-refractivity contribution is 6.31. The minimum absolute atomic E-state index is 0.0659. The molecule has 1 aliphatic carbocycles. The number of hydrogen-bond acceptors (Lipinski definition) is 4. The Labute approximate surface area is 165 Å². The van der Waals surface area contributed by atoms with Crippen LogP contribution in [0.4, 0.5) is 5.69 Å². The number of benzene rings is 1. The first kappa shape index (κ1) is 20.0. The van der Waals surface area contributed by atoms with Gasteiger partial charge in [-0.15, -0.1) is 0 Å². The van der Waals surface area contributed by atoms with Gasteiger partial charge in [0.2, 0.25) is 11.8 Å². The fourth-order valence-electron chi connectivity index (χ4n) is 3.43. The minimum Gasteiger partial charge on any atom is -0.495 e. The van der Waals surface area contributed by atoms with Gasteiger partial charge in [0.1, 0.15) is 5.75 Å². The van der Waals surface area contributed by atoms with Crippen molar-refractivity contribution in [1.29, 1.82) is 0 Å². The number of nitrogens with one attached hydrogen (secondary N) is 2. The molecule has 2 fully saturated rings. The van der Waals surface area contributed by atoms with Crippen LogP contribution >= 0.6 is 11.6 Å². The zero-order valence-corrected chi connectivity index (χ0v) is 16.9. The summed E-state index contributed by atoms with van der Waals surface area (Å²) in [5.41, 5.74) is 1.50. The van der Waals surface area contributed by atoms with Crippen LogP contribution in [0.2, 0.25) is 5.02 Å². The van der Waals surface area contributed by atoms with Crippen molar-refractivity contribution in [3.8, 4) is 5.75 Å². The van der Waals surface area contributed by atoms with Crippen LogP contribution in [0.15, 0.2) is 12.1 Å². The maximum atomic E-state index is 12.7. The molecule has 27 heavy (non-hydrogen) atoms. The second-order valence-electron chi connectivity index (χ2n) is 7.56. The molecule has 1 saturated carbocycles. The van der Waals surface area contributed by atoms with Crippen LogP contribution in [0.5, 0.6) is 5.75 Å². The fraction of sp³-hybridized carbons (Fsp3) is 0.600. The molecular weight excluding hydrogens is 366 g/mol. The van der Waals surface area contributed by atoms with E-state index in [9.17, 15) is 9.59 Å². The highest BCUT2D eigenvalue weighted by atomic mass is 35.5. The molecule has 1 atom stereocenters. The molecule has 1 aliphatic heterocycles. The topological polar surface area (TPSA) is 70.7 Å². The van der Waals surface area contributed by atoms with E-state index in [1.807, 2.05) is 19.9 Å². The number of methoxy groups -OCH3 is 1. The number of piperidine rings is 1. The fourth-order valence-corrected chi connectivity index (χ4v) is 3.58. The number of ether oxygens (including phenoxy) is 1. The van der Waals surface area contributed by atoms with Gasteiger partial charge in [-0.05, 0) is 64.3 Å². The Morgan fingerprint density at radius 1 is 1.22 bits per heavy atom. The third-order valence-corrected chi connectivity index (χ3v) is 5.90. The van der Waals surface area contributed by atoms with Crippen molar-refractivity contribution < 1.29 is 14.3 Å². The highest BCUT2D eigenvalue weighted by Crippen LogP contribution is 2.31. The number of carbonyl (C=O) groups excluding carboxylic acids is 2. The van der Waals surface area contributed by atoms with Gasteiger partial charge in [0, 0.05) is 23.0 Å². The average Bonchev–Trinajstić information content (AvgIpc) is 3.47. The van der Waals surface area contributed by atoms with E-state index in [4.69, 9.17) is 16.3 Å². The van der Waals surface area contributed by atoms with Crippen LogP contribution in [-0.2, 0) is 9.59 Å². The van der Waals surface area contributed by atoms with Crippen LogP contribution in [0.1, 0.15) is 38.2 Å². The Bertz CT molecular complexity index is 713. The molecule has 0 radical (unpaired) electrons. The predicted molar refractivity (Wildman–Crippen MR) is 106 cm³/mol. The van der Waals surface area contributed by atoms with Crippen molar-refractivity contribution in [2.24, 2.45) is 5.92 Å². The smallest absolute Gasteiger partial charge is 0.241 e. The summed E-state index contributed by atoms with van der Waals surface area (Å²) in [5, 5.41) is 6.64. The summed E-state index contributed by atoms with van der Waals surface area (Å²) in [4.78, 5) is 27.1. The van der Waals surface area contributed by atoms with Crippen molar-refractivity contribution in [1.82, 2.24) is 10.2 Å². The summed E-state index contributed by atoms with van der Waals surface area (Å²) >= 11 is 6.13. The van der Waals surface area contributed by atoms with Crippen molar-refractivity contribution in [3.63, 3.8) is 0 Å². The summed E-state index contributed by atoms with van der Waals surface area (Å²) < 4.78 is 5.33. The van der Waals surface area contributed by atoms with Crippen molar-refractivity contribution in [3.05, 3.63) is 22.7 Å². The number of rotatable bonds is 6. The number of aryl methyl sites for hydroxylation is 1. The summed E-state index contributed by atoms with van der Waals surface area (Å²) in [6.45, 7) is 5.27. The second-order valence-corrected chi connectivity index (χ2v) is 7.97. The van der Waals surface area contributed by atoms with Crippen LogP contribution < -0.4 is 15.4 Å². The molecule has 148 valence electrons. The van der Waals surface area contributed by atoms with Crippen molar-refractivity contribution in [2.75, 3.05) is 25.5 Å². The Morgan fingerprint density at radius 3 is 2.48 bits per heavy atom. The summed E-state index contributed by atoms with van der Waals surface area (Å²) in [6.07, 6.45) is 3.80. The molecular formula is C20H28ClN3O3. The van der Waals surface area contributed by atoms with Gasteiger partial charge >= 0.3 is 0 Å². The first-order valence-corrected chi connectivity index (χ1v) is 9.96. The third kappa shape index (κ3) is 4.93. The lowest BCUT2D eigenvalue weighted by atomic mass is 9.95. The molecule has 1 aromatic rings. The van der Waals surface area contributed by atoms with Gasteiger partial charge in [0.05, 0.1) is 18.8 Å². The van der Waals surface area contributed by atoms with E-state index < -0.39 is 0 Å². The lowest BCUT2D eigenvalue weighted by Gasteiger charge is -2.34. The number of carbonyl (C=O) groups is 2. The first-order valence-electron chi connectivity index (χ1n) is 9.58. The number of likely N-dealkylation sites (tertiary alicyclic amines) is 1.